The molecule has 0 aliphatic carbocycles. The normalized spacial score (nSPS) is 11.2. The van der Waals surface area contributed by atoms with E-state index in [0.717, 1.165) is 70.5 Å². The molecule has 6 nitrogen and oxygen atoms in total. The number of aromatic nitrogens is 3. The van der Waals surface area contributed by atoms with Crippen molar-refractivity contribution in [2.75, 3.05) is 13.2 Å². The Labute approximate surface area is 196 Å². The Morgan fingerprint density at radius 3 is 2.64 bits per heavy atom. The Kier molecular flexibility index (Phi) is 8.54. The lowest BCUT2D eigenvalue weighted by Crippen LogP contribution is -2.04. The summed E-state index contributed by atoms with van der Waals surface area (Å²) < 4.78 is 5.73. The Morgan fingerprint density at radius 2 is 1.88 bits per heavy atom. The van der Waals surface area contributed by atoms with Gasteiger partial charge >= 0.3 is 0 Å². The van der Waals surface area contributed by atoms with Crippen LogP contribution in [0.1, 0.15) is 48.6 Å². The van der Waals surface area contributed by atoms with Crippen molar-refractivity contribution in [2.45, 2.75) is 47.0 Å². The molecule has 3 rings (SSSR count). The van der Waals surface area contributed by atoms with E-state index >= 15 is 0 Å². The fourth-order valence-corrected chi connectivity index (χ4v) is 3.34. The van der Waals surface area contributed by atoms with E-state index in [1.165, 1.54) is 0 Å². The number of aryl methyl sites for hydroxylation is 3. The Bertz CT molecular complexity index is 1170. The minimum atomic E-state index is 0.225. The maximum Gasteiger partial charge on any atom is 0.148 e. The van der Waals surface area contributed by atoms with Crippen LogP contribution in [0.15, 0.2) is 47.6 Å². The maximum atomic E-state index is 5.73. The molecular weight excluding hydrogens is 412 g/mol. The molecule has 0 radical (unpaired) electrons. The van der Waals surface area contributed by atoms with Gasteiger partial charge in [-0.1, -0.05) is 30.1 Å². The number of rotatable bonds is 10. The van der Waals surface area contributed by atoms with Gasteiger partial charge in [-0.15, -0.1) is 6.42 Å². The molecule has 0 aliphatic rings. The molecule has 3 aromatic rings. The highest BCUT2D eigenvalue weighted by molar-refractivity contribution is 5.96. The summed E-state index contributed by atoms with van der Waals surface area (Å²) in [6.45, 7) is 8.63. The lowest BCUT2D eigenvalue weighted by atomic mass is 10.1. The number of pyridine rings is 3. The van der Waals surface area contributed by atoms with Gasteiger partial charge in [-0.05, 0) is 64.3 Å². The number of nitrogens with zero attached hydrogens (tertiary/aromatic N) is 4. The van der Waals surface area contributed by atoms with Crippen molar-refractivity contribution < 1.29 is 9.57 Å². The molecule has 0 N–H and O–H groups in total. The van der Waals surface area contributed by atoms with Crippen LogP contribution >= 0.6 is 0 Å². The maximum absolute atomic E-state index is 5.73. The van der Waals surface area contributed by atoms with E-state index in [2.05, 4.69) is 23.0 Å². The van der Waals surface area contributed by atoms with Crippen LogP contribution in [0.5, 0.6) is 5.75 Å². The topological polar surface area (TPSA) is 69.5 Å². The van der Waals surface area contributed by atoms with Gasteiger partial charge in [-0.3, -0.25) is 15.0 Å². The number of hydrogen-bond donors (Lipinski definition) is 0. The van der Waals surface area contributed by atoms with Crippen molar-refractivity contribution in [3.05, 3.63) is 70.8 Å². The molecule has 0 aliphatic heterocycles. The minimum Gasteiger partial charge on any atom is -0.481 e. The van der Waals surface area contributed by atoms with Crippen LogP contribution in [0, 0.1) is 26.2 Å². The zero-order valence-corrected chi connectivity index (χ0v) is 19.8. The van der Waals surface area contributed by atoms with E-state index in [0.29, 0.717) is 6.61 Å². The quantitative estimate of drug-likeness (QED) is 0.189. The summed E-state index contributed by atoms with van der Waals surface area (Å²) in [5.74, 6) is 3.27. The first-order chi connectivity index (χ1) is 16.0. The average molecular weight is 443 g/mol. The van der Waals surface area contributed by atoms with Crippen LogP contribution in [0.3, 0.4) is 0 Å². The summed E-state index contributed by atoms with van der Waals surface area (Å²) in [6.07, 6.45) is 7.74. The van der Waals surface area contributed by atoms with Crippen LogP contribution in [0.4, 0.5) is 0 Å². The molecule has 3 heterocycles. The van der Waals surface area contributed by atoms with Crippen LogP contribution in [-0.2, 0) is 17.7 Å². The summed E-state index contributed by atoms with van der Waals surface area (Å²) in [5.41, 5.74) is 7.05. The van der Waals surface area contributed by atoms with Gasteiger partial charge in [0.05, 0.1) is 17.1 Å². The van der Waals surface area contributed by atoms with Crippen LogP contribution < -0.4 is 4.74 Å². The number of oxime groups is 1. The largest absolute Gasteiger partial charge is 0.481 e. The van der Waals surface area contributed by atoms with Gasteiger partial charge in [-0.25, -0.2) is 0 Å². The highest BCUT2D eigenvalue weighted by Gasteiger charge is 2.13. The Balaban J connectivity index is 1.64. The summed E-state index contributed by atoms with van der Waals surface area (Å²) in [6, 6.07) is 13.8. The number of terminal acetylenes is 1. The third kappa shape index (κ3) is 6.63. The van der Waals surface area contributed by atoms with E-state index in [4.69, 9.17) is 26.0 Å². The van der Waals surface area contributed by atoms with Gasteiger partial charge in [0.25, 0.3) is 0 Å². The first-order valence-corrected chi connectivity index (χ1v) is 11.2. The standard InChI is InChI=1S/C27H30N4O2/c1-6-16-32-26-18-22(7-2)30-27(20(26)4)25-15-9-12-23(29-25)13-10-17-33-31-21(5)24-14-8-11-19(3)28-24/h1,8-9,11-12,14-15,18H,7,10,13,16-17H2,2-5H3. The second-order valence-electron chi connectivity index (χ2n) is 7.72. The van der Waals surface area contributed by atoms with E-state index in [9.17, 15) is 0 Å². The van der Waals surface area contributed by atoms with Gasteiger partial charge in [-0.2, -0.15) is 0 Å². The van der Waals surface area contributed by atoms with Crippen molar-refractivity contribution in [3.63, 3.8) is 0 Å². The molecule has 33 heavy (non-hydrogen) atoms. The van der Waals surface area contributed by atoms with Crippen molar-refractivity contribution in [1.82, 2.24) is 15.0 Å². The third-order valence-electron chi connectivity index (χ3n) is 5.13. The summed E-state index contributed by atoms with van der Waals surface area (Å²) in [5, 5.41) is 4.19. The zero-order chi connectivity index (χ0) is 23.6. The number of ether oxygens (including phenoxy) is 1. The van der Waals surface area contributed by atoms with Crippen LogP contribution in [0.2, 0.25) is 0 Å². The molecule has 6 heteroatoms. The van der Waals surface area contributed by atoms with Crippen molar-refractivity contribution in [3.8, 4) is 29.5 Å². The van der Waals surface area contributed by atoms with Crippen molar-refractivity contribution in [1.29, 1.82) is 0 Å². The minimum absolute atomic E-state index is 0.225. The molecule has 0 fully saturated rings. The smallest absolute Gasteiger partial charge is 0.148 e. The molecule has 0 aromatic carbocycles. The van der Waals surface area contributed by atoms with Gasteiger partial charge in [0.15, 0.2) is 0 Å². The van der Waals surface area contributed by atoms with Crippen molar-refractivity contribution in [2.24, 2.45) is 5.16 Å². The lowest BCUT2D eigenvalue weighted by molar-refractivity contribution is 0.141. The molecule has 0 unspecified atom stereocenters. The molecule has 3 aromatic heterocycles. The predicted octanol–water partition coefficient (Wildman–Crippen LogP) is 5.10. The summed E-state index contributed by atoms with van der Waals surface area (Å²) >= 11 is 0. The summed E-state index contributed by atoms with van der Waals surface area (Å²) in [7, 11) is 0. The Morgan fingerprint density at radius 1 is 1.06 bits per heavy atom. The zero-order valence-electron chi connectivity index (χ0n) is 19.8. The van der Waals surface area contributed by atoms with Crippen LogP contribution in [0.25, 0.3) is 11.4 Å². The van der Waals surface area contributed by atoms with Gasteiger partial charge in [0.2, 0.25) is 0 Å². The van der Waals surface area contributed by atoms with E-state index < -0.39 is 0 Å². The van der Waals surface area contributed by atoms with Gasteiger partial charge < -0.3 is 9.57 Å². The number of hydrogen-bond acceptors (Lipinski definition) is 6. The molecule has 0 bridgehead atoms. The molecule has 0 saturated heterocycles. The van der Waals surface area contributed by atoms with Crippen molar-refractivity contribution >= 4 is 5.71 Å². The second-order valence-corrected chi connectivity index (χ2v) is 7.72. The van der Waals surface area contributed by atoms with E-state index in [1.807, 2.05) is 63.2 Å². The van der Waals surface area contributed by atoms with E-state index in [1.54, 1.807) is 0 Å². The van der Waals surface area contributed by atoms with Gasteiger partial charge in [0.1, 0.15) is 24.7 Å². The monoisotopic (exact) mass is 442 g/mol. The lowest BCUT2D eigenvalue weighted by Gasteiger charge is -2.13. The van der Waals surface area contributed by atoms with E-state index in [-0.39, 0.29) is 6.61 Å². The first kappa shape index (κ1) is 23.9. The molecule has 0 atom stereocenters. The highest BCUT2D eigenvalue weighted by Crippen LogP contribution is 2.29. The fourth-order valence-electron chi connectivity index (χ4n) is 3.34. The Hall–Kier alpha value is -3.72. The summed E-state index contributed by atoms with van der Waals surface area (Å²) in [4.78, 5) is 19.6. The molecular formula is C27H30N4O2. The average Bonchev–Trinajstić information content (AvgIpc) is 2.83. The fraction of sp³-hybridized carbons (Fsp3) is 0.333. The molecule has 170 valence electrons. The van der Waals surface area contributed by atoms with Gasteiger partial charge in [0, 0.05) is 28.7 Å². The molecule has 0 spiro atoms. The first-order valence-electron chi connectivity index (χ1n) is 11.2. The second kappa shape index (κ2) is 11.8. The van der Waals surface area contributed by atoms with Crippen LogP contribution in [-0.4, -0.2) is 33.9 Å². The SMILES string of the molecule is C#CCOc1cc(CC)nc(-c2cccc(CCCON=C(C)c3cccc(C)n3)n2)c1C. The third-order valence-corrected chi connectivity index (χ3v) is 5.13. The molecule has 0 amide bonds. The predicted molar refractivity (Wildman–Crippen MR) is 131 cm³/mol. The molecule has 0 saturated carbocycles. The highest BCUT2D eigenvalue weighted by atomic mass is 16.6.